The summed E-state index contributed by atoms with van der Waals surface area (Å²) in [7, 11) is 0. The molecule has 3 heterocycles. The number of benzene rings is 8. The highest BCUT2D eigenvalue weighted by atomic mass is 15.1. The van der Waals surface area contributed by atoms with E-state index in [0.29, 0.717) is 0 Å². The lowest BCUT2D eigenvalue weighted by Crippen LogP contribution is -2.05. The Morgan fingerprint density at radius 2 is 1.02 bits per heavy atom. The summed E-state index contributed by atoms with van der Waals surface area (Å²) in [6, 6.07) is 60.6. The van der Waals surface area contributed by atoms with Crippen LogP contribution in [0.4, 0.5) is 0 Å². The van der Waals surface area contributed by atoms with Crippen molar-refractivity contribution in [2.45, 2.75) is 0 Å². The van der Waals surface area contributed by atoms with Crippen molar-refractivity contribution in [3.63, 3.8) is 0 Å². The maximum absolute atomic E-state index is 5.48. The lowest BCUT2D eigenvalue weighted by atomic mass is 10.0. The molecule has 4 nitrogen and oxygen atoms in total. The SMILES string of the molecule is c1ccc(-n2c3ccc4ccccc4c3c3ccc4c5ccccc5n(-c5nc6ccccc6nc5-c5ccc6ccccc6c5)c4c32)cc1. The van der Waals surface area contributed by atoms with Crippen molar-refractivity contribution in [1.82, 2.24) is 19.1 Å². The first kappa shape index (κ1) is 27.2. The average molecular weight is 637 g/mol. The zero-order valence-electron chi connectivity index (χ0n) is 27.0. The highest BCUT2D eigenvalue weighted by Crippen LogP contribution is 2.44. The topological polar surface area (TPSA) is 35.6 Å². The largest absolute Gasteiger partial charge is 0.307 e. The highest BCUT2D eigenvalue weighted by Gasteiger charge is 2.25. The van der Waals surface area contributed by atoms with Crippen LogP contribution in [0.1, 0.15) is 0 Å². The van der Waals surface area contributed by atoms with E-state index in [1.165, 1.54) is 48.6 Å². The van der Waals surface area contributed by atoms with E-state index in [2.05, 4.69) is 167 Å². The van der Waals surface area contributed by atoms with Gasteiger partial charge in [-0.1, -0.05) is 127 Å². The van der Waals surface area contributed by atoms with Crippen LogP contribution in [0.5, 0.6) is 0 Å². The zero-order chi connectivity index (χ0) is 32.8. The molecule has 0 saturated heterocycles. The van der Waals surface area contributed by atoms with Gasteiger partial charge in [0.1, 0.15) is 5.69 Å². The van der Waals surface area contributed by atoms with E-state index in [4.69, 9.17) is 9.97 Å². The van der Waals surface area contributed by atoms with Gasteiger partial charge in [0, 0.05) is 32.8 Å². The Hall–Kier alpha value is -6.78. The van der Waals surface area contributed by atoms with E-state index in [1.54, 1.807) is 0 Å². The number of hydrogen-bond donors (Lipinski definition) is 0. The van der Waals surface area contributed by atoms with Crippen molar-refractivity contribution in [2.24, 2.45) is 0 Å². The Morgan fingerprint density at radius 3 is 1.88 bits per heavy atom. The molecule has 0 aliphatic heterocycles. The van der Waals surface area contributed by atoms with Gasteiger partial charge in [-0.2, -0.15) is 0 Å². The number of rotatable bonds is 3. The second-order valence-electron chi connectivity index (χ2n) is 13.0. The highest BCUT2D eigenvalue weighted by molar-refractivity contribution is 6.28. The third-order valence-electron chi connectivity index (χ3n) is 10.3. The van der Waals surface area contributed by atoms with E-state index in [9.17, 15) is 0 Å². The van der Waals surface area contributed by atoms with Gasteiger partial charge in [-0.15, -0.1) is 0 Å². The molecule has 11 aromatic rings. The Morgan fingerprint density at radius 1 is 0.380 bits per heavy atom. The summed E-state index contributed by atoms with van der Waals surface area (Å²) in [5.74, 6) is 0.812. The first-order valence-corrected chi connectivity index (χ1v) is 17.0. The number of para-hydroxylation sites is 4. The molecule has 0 aliphatic rings. The number of aromatic nitrogens is 4. The molecule has 0 aliphatic carbocycles. The third kappa shape index (κ3) is 3.81. The molecule has 11 rings (SSSR count). The Kier molecular flexibility index (Phi) is 5.63. The molecule has 4 heteroatoms. The van der Waals surface area contributed by atoms with Crippen molar-refractivity contribution >= 4 is 76.2 Å². The zero-order valence-corrected chi connectivity index (χ0v) is 27.0. The molecule has 0 amide bonds. The summed E-state index contributed by atoms with van der Waals surface area (Å²) < 4.78 is 4.82. The summed E-state index contributed by atoms with van der Waals surface area (Å²) in [5, 5.41) is 9.66. The van der Waals surface area contributed by atoms with E-state index in [-0.39, 0.29) is 0 Å². The number of fused-ring (bicyclic) bond motifs is 11. The van der Waals surface area contributed by atoms with Crippen LogP contribution in [0, 0.1) is 0 Å². The summed E-state index contributed by atoms with van der Waals surface area (Å²) in [6.07, 6.45) is 0. The fourth-order valence-electron chi connectivity index (χ4n) is 8.06. The van der Waals surface area contributed by atoms with E-state index >= 15 is 0 Å². The fourth-order valence-corrected chi connectivity index (χ4v) is 8.06. The summed E-state index contributed by atoms with van der Waals surface area (Å²) in [4.78, 5) is 10.9. The average Bonchev–Trinajstić information content (AvgIpc) is 3.71. The molecule has 0 saturated carbocycles. The fraction of sp³-hybridized carbons (Fsp3) is 0. The molecule has 0 fully saturated rings. The Bertz CT molecular complexity index is 3150. The van der Waals surface area contributed by atoms with Crippen LogP contribution in [0.3, 0.4) is 0 Å². The predicted molar refractivity (Wildman–Crippen MR) is 209 cm³/mol. The minimum atomic E-state index is 0.812. The lowest BCUT2D eigenvalue weighted by Gasteiger charge is -2.15. The number of hydrogen-bond acceptors (Lipinski definition) is 2. The van der Waals surface area contributed by atoms with Crippen molar-refractivity contribution < 1.29 is 0 Å². The van der Waals surface area contributed by atoms with Crippen molar-refractivity contribution in [2.75, 3.05) is 0 Å². The van der Waals surface area contributed by atoms with E-state index in [0.717, 1.165) is 50.3 Å². The Labute approximate surface area is 287 Å². The molecule has 0 spiro atoms. The van der Waals surface area contributed by atoms with Crippen LogP contribution in [0.2, 0.25) is 0 Å². The van der Waals surface area contributed by atoms with Crippen molar-refractivity contribution in [1.29, 1.82) is 0 Å². The maximum atomic E-state index is 5.48. The normalized spacial score (nSPS) is 12.0. The first-order chi connectivity index (χ1) is 24.8. The van der Waals surface area contributed by atoms with Crippen molar-refractivity contribution in [3.8, 4) is 22.8 Å². The standard InChI is InChI=1S/C46H28N4/c1-2-15-33(16-3-1)49-41-27-24-30-13-6-7-17-34(30)42(41)37-26-25-36-35-18-8-11-21-40(35)50(44(36)45(37)49)46-43(47-38-19-9-10-20-39(38)48-46)32-23-22-29-12-4-5-14-31(29)28-32/h1-28H. The quantitative estimate of drug-likeness (QED) is 0.193. The molecule has 232 valence electrons. The van der Waals surface area contributed by atoms with Gasteiger partial charge in [0.15, 0.2) is 5.82 Å². The third-order valence-corrected chi connectivity index (χ3v) is 10.3. The molecular weight excluding hydrogens is 609 g/mol. The van der Waals surface area contributed by atoms with Gasteiger partial charge in [-0.3, -0.25) is 4.57 Å². The monoisotopic (exact) mass is 636 g/mol. The molecule has 0 radical (unpaired) electrons. The molecule has 0 unspecified atom stereocenters. The van der Waals surface area contributed by atoms with Gasteiger partial charge in [0.2, 0.25) is 0 Å². The van der Waals surface area contributed by atoms with E-state index in [1.807, 2.05) is 12.1 Å². The second-order valence-corrected chi connectivity index (χ2v) is 13.0. The minimum Gasteiger partial charge on any atom is -0.307 e. The van der Waals surface area contributed by atoms with Gasteiger partial charge >= 0.3 is 0 Å². The predicted octanol–water partition coefficient (Wildman–Crippen LogP) is 11.8. The van der Waals surface area contributed by atoms with Crippen LogP contribution in [-0.4, -0.2) is 19.1 Å². The molecular formula is C46H28N4. The van der Waals surface area contributed by atoms with Gasteiger partial charge in [-0.05, 0) is 64.0 Å². The first-order valence-electron chi connectivity index (χ1n) is 17.0. The maximum Gasteiger partial charge on any atom is 0.165 e. The van der Waals surface area contributed by atoms with Crippen LogP contribution < -0.4 is 0 Å². The molecule has 8 aromatic carbocycles. The van der Waals surface area contributed by atoms with Gasteiger partial charge in [-0.25, -0.2) is 9.97 Å². The Balaban J connectivity index is 1.37. The minimum absolute atomic E-state index is 0.812. The summed E-state index contributed by atoms with van der Waals surface area (Å²) in [6.45, 7) is 0. The summed E-state index contributed by atoms with van der Waals surface area (Å²) in [5.41, 5.74) is 9.26. The van der Waals surface area contributed by atoms with Crippen LogP contribution in [0.15, 0.2) is 170 Å². The van der Waals surface area contributed by atoms with Crippen molar-refractivity contribution in [3.05, 3.63) is 170 Å². The molecule has 3 aromatic heterocycles. The van der Waals surface area contributed by atoms with Gasteiger partial charge < -0.3 is 4.57 Å². The molecule has 0 bridgehead atoms. The van der Waals surface area contributed by atoms with E-state index < -0.39 is 0 Å². The smallest absolute Gasteiger partial charge is 0.165 e. The molecule has 0 atom stereocenters. The second kappa shape index (κ2) is 10.4. The van der Waals surface area contributed by atoms with Gasteiger partial charge in [0.25, 0.3) is 0 Å². The summed E-state index contributed by atoms with van der Waals surface area (Å²) >= 11 is 0. The molecule has 0 N–H and O–H groups in total. The van der Waals surface area contributed by atoms with Crippen LogP contribution in [-0.2, 0) is 0 Å². The van der Waals surface area contributed by atoms with Gasteiger partial charge in [0.05, 0.1) is 33.1 Å². The van der Waals surface area contributed by atoms with Crippen LogP contribution >= 0.6 is 0 Å². The lowest BCUT2D eigenvalue weighted by molar-refractivity contribution is 1.08. The molecule has 50 heavy (non-hydrogen) atoms. The van der Waals surface area contributed by atoms with Crippen LogP contribution in [0.25, 0.3) is 99.0 Å². The number of nitrogens with zero attached hydrogens (tertiary/aromatic N) is 4.